The highest BCUT2D eigenvalue weighted by Gasteiger charge is 2.43. The number of hydrogen-bond acceptors (Lipinski definition) is 4. The second-order valence-electron chi connectivity index (χ2n) is 4.42. The van der Waals surface area contributed by atoms with E-state index in [0.29, 0.717) is 12.6 Å². The van der Waals surface area contributed by atoms with Crippen LogP contribution in [0.3, 0.4) is 0 Å². The zero-order valence-electron chi connectivity index (χ0n) is 8.72. The van der Waals surface area contributed by atoms with Crippen molar-refractivity contribution in [2.45, 2.75) is 24.9 Å². The molecule has 3 heterocycles. The number of para-hydroxylation sites is 2. The maximum Gasteiger partial charge on any atom is 0.197 e. The summed E-state index contributed by atoms with van der Waals surface area (Å²) in [5.74, 6) is 0. The smallest absolute Gasteiger partial charge is 0.197 e. The molecule has 0 saturated carbocycles. The van der Waals surface area contributed by atoms with E-state index in [0.717, 1.165) is 23.5 Å². The Hall–Kier alpha value is -1.39. The van der Waals surface area contributed by atoms with Gasteiger partial charge >= 0.3 is 0 Å². The maximum absolute atomic E-state index is 5.76. The van der Waals surface area contributed by atoms with E-state index in [2.05, 4.69) is 16.4 Å². The molecule has 4 nitrogen and oxygen atoms in total. The van der Waals surface area contributed by atoms with Gasteiger partial charge in [0.25, 0.3) is 0 Å². The summed E-state index contributed by atoms with van der Waals surface area (Å²) in [6.45, 7) is 0.670. The molecule has 3 aliphatic heterocycles. The molecule has 0 aliphatic carbocycles. The summed E-state index contributed by atoms with van der Waals surface area (Å²) in [5, 5.41) is 3.50. The average molecular weight is 216 g/mol. The van der Waals surface area contributed by atoms with Crippen molar-refractivity contribution in [3.63, 3.8) is 0 Å². The maximum atomic E-state index is 5.76. The van der Waals surface area contributed by atoms with E-state index >= 15 is 0 Å². The Labute approximate surface area is 93.3 Å². The summed E-state index contributed by atoms with van der Waals surface area (Å²) in [6.07, 6.45) is 0.869. The summed E-state index contributed by atoms with van der Waals surface area (Å²) in [4.78, 5) is 4.64. The second-order valence-corrected chi connectivity index (χ2v) is 4.42. The molecule has 1 N–H and O–H groups in total. The van der Waals surface area contributed by atoms with Gasteiger partial charge in [-0.25, -0.2) is 0 Å². The molecule has 16 heavy (non-hydrogen) atoms. The number of benzene rings is 1. The molecule has 82 valence electrons. The predicted octanol–water partition coefficient (Wildman–Crippen LogP) is 1.70. The van der Waals surface area contributed by atoms with Gasteiger partial charge in [0, 0.05) is 6.42 Å². The number of anilines is 1. The third-order valence-electron chi connectivity index (χ3n) is 3.37. The highest BCUT2D eigenvalue weighted by molar-refractivity contribution is 5.94. The lowest BCUT2D eigenvalue weighted by molar-refractivity contribution is -0.0191. The van der Waals surface area contributed by atoms with Crippen molar-refractivity contribution < 1.29 is 9.47 Å². The van der Waals surface area contributed by atoms with Gasteiger partial charge in [0.15, 0.2) is 6.29 Å². The normalized spacial score (nSPS) is 34.8. The first-order chi connectivity index (χ1) is 7.90. The van der Waals surface area contributed by atoms with Crippen molar-refractivity contribution in [1.82, 2.24) is 0 Å². The number of rotatable bonds is 0. The highest BCUT2D eigenvalue weighted by atomic mass is 16.7. The first kappa shape index (κ1) is 8.73. The zero-order chi connectivity index (χ0) is 10.5. The molecule has 2 saturated heterocycles. The Balaban J connectivity index is 1.87. The van der Waals surface area contributed by atoms with Gasteiger partial charge in [-0.2, -0.15) is 0 Å². The first-order valence-corrected chi connectivity index (χ1v) is 5.60. The minimum atomic E-state index is -0.214. The van der Waals surface area contributed by atoms with Crippen LogP contribution in [0, 0.1) is 0 Å². The van der Waals surface area contributed by atoms with Crippen LogP contribution in [0.4, 0.5) is 11.4 Å². The summed E-state index contributed by atoms with van der Waals surface area (Å²) >= 11 is 0. The van der Waals surface area contributed by atoms with Crippen LogP contribution in [-0.2, 0) is 9.47 Å². The van der Waals surface area contributed by atoms with E-state index < -0.39 is 0 Å². The molecule has 4 bridgehead atoms. The lowest BCUT2D eigenvalue weighted by Crippen LogP contribution is -2.42. The van der Waals surface area contributed by atoms with E-state index in [1.54, 1.807) is 0 Å². The predicted molar refractivity (Wildman–Crippen MR) is 60.2 cm³/mol. The summed E-state index contributed by atoms with van der Waals surface area (Å²) in [5.41, 5.74) is 3.09. The molecule has 0 aromatic heterocycles. The lowest BCUT2D eigenvalue weighted by atomic mass is 10.0. The zero-order valence-corrected chi connectivity index (χ0v) is 8.72. The van der Waals surface area contributed by atoms with E-state index in [9.17, 15) is 0 Å². The monoisotopic (exact) mass is 216 g/mol. The van der Waals surface area contributed by atoms with E-state index in [4.69, 9.17) is 9.47 Å². The summed E-state index contributed by atoms with van der Waals surface area (Å²) in [6, 6.07) is 8.40. The quantitative estimate of drug-likeness (QED) is 0.717. The van der Waals surface area contributed by atoms with Gasteiger partial charge in [-0.1, -0.05) is 12.1 Å². The second kappa shape index (κ2) is 3.06. The third kappa shape index (κ3) is 1.14. The molecule has 3 aliphatic rings. The Morgan fingerprint density at radius 3 is 3.25 bits per heavy atom. The van der Waals surface area contributed by atoms with Crippen LogP contribution in [0.15, 0.2) is 29.3 Å². The molecule has 0 amide bonds. The van der Waals surface area contributed by atoms with Gasteiger partial charge in [0.05, 0.1) is 29.7 Å². The third-order valence-corrected chi connectivity index (χ3v) is 3.37. The molecular weight excluding hydrogens is 204 g/mol. The van der Waals surface area contributed by atoms with Crippen LogP contribution in [0.2, 0.25) is 0 Å². The molecule has 4 rings (SSSR count). The number of nitrogens with zero attached hydrogens (tertiary/aromatic N) is 1. The van der Waals surface area contributed by atoms with Crippen molar-refractivity contribution >= 4 is 17.1 Å². The molecule has 4 heteroatoms. The number of ether oxygens (including phenoxy) is 2. The Morgan fingerprint density at radius 2 is 2.25 bits per heavy atom. The summed E-state index contributed by atoms with van der Waals surface area (Å²) in [7, 11) is 0. The van der Waals surface area contributed by atoms with Crippen molar-refractivity contribution in [2.24, 2.45) is 4.99 Å². The largest absolute Gasteiger partial charge is 0.377 e. The molecule has 1 aromatic rings. The minimum Gasteiger partial charge on any atom is -0.377 e. The van der Waals surface area contributed by atoms with Crippen LogP contribution in [0.5, 0.6) is 0 Å². The average Bonchev–Trinajstić information content (AvgIpc) is 2.66. The number of hydrogen-bond donors (Lipinski definition) is 1. The van der Waals surface area contributed by atoms with Crippen LogP contribution < -0.4 is 5.32 Å². The molecule has 0 radical (unpaired) electrons. The number of aliphatic imine (C=N–C) groups is 1. The van der Waals surface area contributed by atoms with Crippen molar-refractivity contribution in [3.8, 4) is 0 Å². The first-order valence-electron chi connectivity index (χ1n) is 5.60. The fourth-order valence-electron chi connectivity index (χ4n) is 2.55. The number of fused-ring (bicyclic) bond motifs is 7. The van der Waals surface area contributed by atoms with Crippen LogP contribution in [0.25, 0.3) is 0 Å². The SMILES string of the molecule is c1ccc2c(c1)N=C1C[C@H](N2)[C@H]2CO[C@@H]1O2. The molecular formula is C12H12N2O2. The summed E-state index contributed by atoms with van der Waals surface area (Å²) < 4.78 is 11.3. The van der Waals surface area contributed by atoms with Crippen LogP contribution in [0.1, 0.15) is 6.42 Å². The lowest BCUT2D eigenvalue weighted by Gasteiger charge is -2.27. The van der Waals surface area contributed by atoms with E-state index in [1.807, 2.05) is 18.2 Å². The molecule has 2 fully saturated rings. The minimum absolute atomic E-state index is 0.162. The van der Waals surface area contributed by atoms with Crippen LogP contribution >= 0.6 is 0 Å². The molecule has 1 aromatic carbocycles. The highest BCUT2D eigenvalue weighted by Crippen LogP contribution is 2.36. The topological polar surface area (TPSA) is 42.9 Å². The Bertz CT molecular complexity index is 472. The molecule has 0 unspecified atom stereocenters. The van der Waals surface area contributed by atoms with Crippen molar-refractivity contribution in [2.75, 3.05) is 11.9 Å². The van der Waals surface area contributed by atoms with Gasteiger partial charge in [0.1, 0.15) is 6.10 Å². The Morgan fingerprint density at radius 1 is 1.31 bits per heavy atom. The van der Waals surface area contributed by atoms with E-state index in [1.165, 1.54) is 0 Å². The van der Waals surface area contributed by atoms with Gasteiger partial charge in [-0.05, 0) is 12.1 Å². The Kier molecular flexibility index (Phi) is 1.67. The van der Waals surface area contributed by atoms with Crippen molar-refractivity contribution in [1.29, 1.82) is 0 Å². The molecule has 3 atom stereocenters. The molecule has 0 spiro atoms. The van der Waals surface area contributed by atoms with Gasteiger partial charge in [0.2, 0.25) is 0 Å². The fourth-order valence-corrected chi connectivity index (χ4v) is 2.55. The van der Waals surface area contributed by atoms with Crippen molar-refractivity contribution in [3.05, 3.63) is 24.3 Å². The van der Waals surface area contributed by atoms with Crippen LogP contribution in [-0.4, -0.2) is 30.8 Å². The van der Waals surface area contributed by atoms with Gasteiger partial charge < -0.3 is 14.8 Å². The fraction of sp³-hybridized carbons (Fsp3) is 0.417. The van der Waals surface area contributed by atoms with Gasteiger partial charge in [-0.15, -0.1) is 0 Å². The number of nitrogens with one attached hydrogen (secondary N) is 1. The van der Waals surface area contributed by atoms with E-state index in [-0.39, 0.29) is 12.4 Å². The van der Waals surface area contributed by atoms with Gasteiger partial charge in [-0.3, -0.25) is 4.99 Å². The standard InChI is InChI=1S/C12H12N2O2/c1-2-4-8-7(3-1)13-9-5-10(14-8)12-15-6-11(9)16-12/h1-4,9,11-13H,5-6H2/t9-,11+,12+/m0/s1.